The Kier molecular flexibility index (Phi) is 2.12. The molecule has 1 rings (SSSR count). The van der Waals surface area contributed by atoms with E-state index in [0.717, 1.165) is 0 Å². The fourth-order valence-electron chi connectivity index (χ4n) is 0.738. The zero-order valence-corrected chi connectivity index (χ0v) is 6.46. The van der Waals surface area contributed by atoms with Gasteiger partial charge in [0.1, 0.15) is 6.07 Å². The maximum atomic E-state index is 8.60. The molecule has 0 N–H and O–H groups in total. The van der Waals surface area contributed by atoms with E-state index in [1.165, 1.54) is 4.68 Å². The molecule has 1 aromatic rings. The number of aryl methyl sites for hydroxylation is 1. The van der Waals surface area contributed by atoms with Crippen molar-refractivity contribution in [2.24, 2.45) is 7.05 Å². The molecule has 0 spiro atoms. The van der Waals surface area contributed by atoms with Crippen LogP contribution in [0.15, 0.2) is 0 Å². The minimum atomic E-state index is 0.409. The van der Waals surface area contributed by atoms with Gasteiger partial charge in [-0.05, 0) is 6.92 Å². The van der Waals surface area contributed by atoms with Gasteiger partial charge in [0.15, 0.2) is 17.6 Å². The van der Waals surface area contributed by atoms with E-state index < -0.39 is 0 Å². The summed E-state index contributed by atoms with van der Waals surface area (Å²) in [5.74, 6) is 0.428. The highest BCUT2D eigenvalue weighted by Crippen LogP contribution is 2.13. The van der Waals surface area contributed by atoms with Crippen LogP contribution < -0.4 is 4.74 Å². The number of hydrogen-bond donors (Lipinski definition) is 0. The second-order valence-corrected chi connectivity index (χ2v) is 1.96. The van der Waals surface area contributed by atoms with E-state index in [1.807, 2.05) is 13.0 Å². The van der Waals surface area contributed by atoms with E-state index in [9.17, 15) is 0 Å². The predicted octanol–water partition coefficient (Wildman–Crippen LogP) is 0.491. The van der Waals surface area contributed by atoms with Gasteiger partial charge >= 0.3 is 0 Å². The van der Waals surface area contributed by atoms with E-state index in [0.29, 0.717) is 18.1 Å². The Balaban J connectivity index is 2.98. The van der Waals surface area contributed by atoms with Crippen molar-refractivity contribution < 1.29 is 4.74 Å². The number of ether oxygens (including phenoxy) is 1. The first-order chi connectivity index (χ1) is 5.29. The van der Waals surface area contributed by atoms with E-state index >= 15 is 0 Å². The summed E-state index contributed by atoms with van der Waals surface area (Å²) < 4.78 is 6.52. The monoisotopic (exact) mass is 150 g/mol. The van der Waals surface area contributed by atoms with Crippen LogP contribution in [0.3, 0.4) is 0 Å². The van der Waals surface area contributed by atoms with E-state index in [1.54, 1.807) is 7.05 Å². The molecule has 11 heavy (non-hydrogen) atoms. The van der Waals surface area contributed by atoms with Crippen molar-refractivity contribution >= 4 is 0 Å². The Labute approximate surface area is 65.0 Å². The number of hydrogen-bond acceptors (Lipinski definition) is 3. The van der Waals surface area contributed by atoms with Crippen molar-refractivity contribution in [3.8, 4) is 11.8 Å². The van der Waals surface area contributed by atoms with Crippen LogP contribution >= 0.6 is 0 Å². The van der Waals surface area contributed by atoms with E-state index in [4.69, 9.17) is 10.00 Å². The summed E-state index contributed by atoms with van der Waals surface area (Å²) in [5.41, 5.74) is 0.409. The Bertz CT molecular complexity index is 284. The average molecular weight is 150 g/mol. The minimum absolute atomic E-state index is 0.409. The van der Waals surface area contributed by atoms with Crippen LogP contribution in [0.1, 0.15) is 12.6 Å². The van der Waals surface area contributed by atoms with E-state index in [2.05, 4.69) is 11.3 Å². The SMILES string of the molecule is CCOc1[c]nn(C)c1C#N. The maximum absolute atomic E-state index is 8.60. The average Bonchev–Trinajstić information content (AvgIpc) is 2.33. The number of nitrogens with zero attached hydrogens (tertiary/aromatic N) is 3. The molecule has 4 heteroatoms. The molecule has 0 aliphatic rings. The molecule has 1 heterocycles. The van der Waals surface area contributed by atoms with Gasteiger partial charge in [-0.2, -0.15) is 10.4 Å². The van der Waals surface area contributed by atoms with E-state index in [-0.39, 0.29) is 0 Å². The van der Waals surface area contributed by atoms with Crippen LogP contribution in [0.2, 0.25) is 0 Å². The summed E-state index contributed by atoms with van der Waals surface area (Å²) in [6, 6.07) is 1.97. The van der Waals surface area contributed by atoms with Crippen molar-refractivity contribution in [1.82, 2.24) is 9.78 Å². The van der Waals surface area contributed by atoms with Gasteiger partial charge in [0.25, 0.3) is 0 Å². The van der Waals surface area contributed by atoms with Crippen LogP contribution in [0, 0.1) is 17.5 Å². The van der Waals surface area contributed by atoms with Gasteiger partial charge in [-0.15, -0.1) is 0 Å². The summed E-state index contributed by atoms with van der Waals surface area (Å²) >= 11 is 0. The molecule has 57 valence electrons. The third kappa shape index (κ3) is 1.32. The third-order valence-corrected chi connectivity index (χ3v) is 1.23. The Hall–Kier alpha value is -1.50. The van der Waals surface area contributed by atoms with Crippen LogP contribution in [0.5, 0.6) is 5.75 Å². The minimum Gasteiger partial charge on any atom is -0.488 e. The quantitative estimate of drug-likeness (QED) is 0.616. The summed E-state index contributed by atoms with van der Waals surface area (Å²) in [4.78, 5) is 0. The van der Waals surface area contributed by atoms with Gasteiger partial charge < -0.3 is 4.74 Å². The Morgan fingerprint density at radius 1 is 1.82 bits per heavy atom. The Morgan fingerprint density at radius 3 is 3.09 bits per heavy atom. The van der Waals surface area contributed by atoms with Gasteiger partial charge in [-0.1, -0.05) is 0 Å². The lowest BCUT2D eigenvalue weighted by Gasteiger charge is -1.97. The second-order valence-electron chi connectivity index (χ2n) is 1.96. The smallest absolute Gasteiger partial charge is 0.185 e. The fraction of sp³-hybridized carbons (Fsp3) is 0.429. The Morgan fingerprint density at radius 2 is 2.55 bits per heavy atom. The lowest BCUT2D eigenvalue weighted by atomic mass is 10.4. The van der Waals surface area contributed by atoms with Crippen molar-refractivity contribution in [2.75, 3.05) is 6.61 Å². The summed E-state index contributed by atoms with van der Waals surface area (Å²) in [6.45, 7) is 2.37. The van der Waals surface area contributed by atoms with Crippen LogP contribution in [0.4, 0.5) is 0 Å². The number of aromatic nitrogens is 2. The van der Waals surface area contributed by atoms with Crippen molar-refractivity contribution in [3.63, 3.8) is 0 Å². The van der Waals surface area contributed by atoms with Gasteiger partial charge in [0, 0.05) is 7.05 Å². The lowest BCUT2D eigenvalue weighted by molar-refractivity contribution is 0.338. The van der Waals surface area contributed by atoms with Crippen molar-refractivity contribution in [2.45, 2.75) is 6.92 Å². The van der Waals surface area contributed by atoms with Crippen molar-refractivity contribution in [3.05, 3.63) is 11.9 Å². The highest BCUT2D eigenvalue weighted by Gasteiger charge is 2.07. The number of rotatable bonds is 2. The molecule has 0 saturated carbocycles. The highest BCUT2D eigenvalue weighted by molar-refractivity contribution is 5.34. The molecule has 0 amide bonds. The summed E-state index contributed by atoms with van der Waals surface area (Å²) in [6.07, 6.45) is 2.59. The third-order valence-electron chi connectivity index (χ3n) is 1.23. The molecule has 4 nitrogen and oxygen atoms in total. The molecule has 0 aliphatic heterocycles. The molecule has 0 aromatic carbocycles. The van der Waals surface area contributed by atoms with Gasteiger partial charge in [-0.25, -0.2) is 0 Å². The van der Waals surface area contributed by atoms with Gasteiger partial charge in [0.05, 0.1) is 6.61 Å². The summed E-state index contributed by atoms with van der Waals surface area (Å²) in [5, 5.41) is 12.4. The van der Waals surface area contributed by atoms with Crippen molar-refractivity contribution in [1.29, 1.82) is 5.26 Å². The molecular formula is C7H8N3O. The molecule has 1 radical (unpaired) electrons. The lowest BCUT2D eigenvalue weighted by Crippen LogP contribution is -1.96. The normalized spacial score (nSPS) is 9.18. The topological polar surface area (TPSA) is 50.8 Å². The summed E-state index contributed by atoms with van der Waals surface area (Å²) in [7, 11) is 1.68. The highest BCUT2D eigenvalue weighted by atomic mass is 16.5. The molecule has 0 atom stereocenters. The molecule has 0 unspecified atom stereocenters. The van der Waals surface area contributed by atoms with Crippen LogP contribution in [0.25, 0.3) is 0 Å². The first kappa shape index (κ1) is 7.61. The molecule has 0 fully saturated rings. The maximum Gasteiger partial charge on any atom is 0.185 e. The van der Waals surface area contributed by atoms with Gasteiger partial charge in [-0.3, -0.25) is 4.68 Å². The van der Waals surface area contributed by atoms with Crippen LogP contribution in [-0.2, 0) is 7.05 Å². The largest absolute Gasteiger partial charge is 0.488 e. The standard InChI is InChI=1S/C7H8N3O/c1-3-11-7-5-9-10(2)6(7)4-8/h3H2,1-2H3. The first-order valence-electron chi connectivity index (χ1n) is 3.27. The predicted molar refractivity (Wildman–Crippen MR) is 37.9 cm³/mol. The van der Waals surface area contributed by atoms with Crippen LogP contribution in [-0.4, -0.2) is 16.4 Å². The van der Waals surface area contributed by atoms with Gasteiger partial charge in [0.2, 0.25) is 0 Å². The first-order valence-corrected chi connectivity index (χ1v) is 3.27. The fourth-order valence-corrected chi connectivity index (χ4v) is 0.738. The molecule has 0 bridgehead atoms. The molecular weight excluding hydrogens is 142 g/mol. The zero-order chi connectivity index (χ0) is 8.27. The molecule has 0 aliphatic carbocycles. The second kappa shape index (κ2) is 3.06. The molecule has 1 aromatic heterocycles. The number of nitriles is 1. The molecule has 0 saturated heterocycles. The zero-order valence-electron chi connectivity index (χ0n) is 6.46.